The first-order valence-corrected chi connectivity index (χ1v) is 2.92. The average molecular weight is 132 g/mol. The molecule has 54 valence electrons. The average Bonchev–Trinajstić information content (AvgIpc) is 1.86. The molecular formula is C7H13FO. The zero-order valence-electron chi connectivity index (χ0n) is 5.89. The van der Waals surface area contributed by atoms with E-state index in [1.54, 1.807) is 13.8 Å². The molecule has 0 aromatic carbocycles. The second-order valence-electron chi connectivity index (χ2n) is 2.78. The number of allylic oxidation sites excluding steroid dienone is 1. The van der Waals surface area contributed by atoms with E-state index >= 15 is 0 Å². The molecule has 0 saturated heterocycles. The number of halogens is 1. The first-order chi connectivity index (χ1) is 4.04. The van der Waals surface area contributed by atoms with Crippen LogP contribution in [0.2, 0.25) is 0 Å². The van der Waals surface area contributed by atoms with Gasteiger partial charge in [-0.1, -0.05) is 19.9 Å². The largest absolute Gasteiger partial charge is 0.396 e. The minimum Gasteiger partial charge on any atom is -0.396 e. The van der Waals surface area contributed by atoms with E-state index in [4.69, 9.17) is 5.11 Å². The second kappa shape index (κ2) is 2.97. The van der Waals surface area contributed by atoms with Crippen molar-refractivity contribution in [1.29, 1.82) is 0 Å². The maximum Gasteiger partial charge on any atom is 0.125 e. The Bertz CT molecular complexity index is 99.1. The van der Waals surface area contributed by atoms with Crippen LogP contribution < -0.4 is 0 Å². The Morgan fingerprint density at radius 3 is 2.33 bits per heavy atom. The summed E-state index contributed by atoms with van der Waals surface area (Å²) in [7, 11) is 0. The molecule has 0 aromatic rings. The lowest BCUT2D eigenvalue weighted by Crippen LogP contribution is -2.27. The summed E-state index contributed by atoms with van der Waals surface area (Å²) in [5.74, 6) is 0. The minimum atomic E-state index is -1.12. The second-order valence-corrected chi connectivity index (χ2v) is 2.78. The third-order valence-electron chi connectivity index (χ3n) is 1.36. The van der Waals surface area contributed by atoms with Crippen molar-refractivity contribution in [3.63, 3.8) is 0 Å². The van der Waals surface area contributed by atoms with Gasteiger partial charge >= 0.3 is 0 Å². The third kappa shape index (κ3) is 2.14. The van der Waals surface area contributed by atoms with Crippen molar-refractivity contribution in [3.05, 3.63) is 12.7 Å². The fourth-order valence-electron chi connectivity index (χ4n) is 0.406. The highest BCUT2D eigenvalue weighted by Crippen LogP contribution is 2.22. The van der Waals surface area contributed by atoms with Gasteiger partial charge in [0.05, 0.1) is 6.61 Å². The highest BCUT2D eigenvalue weighted by atomic mass is 19.1. The summed E-state index contributed by atoms with van der Waals surface area (Å²) >= 11 is 0. The van der Waals surface area contributed by atoms with Crippen LogP contribution in [0.1, 0.15) is 13.8 Å². The van der Waals surface area contributed by atoms with Gasteiger partial charge in [0.2, 0.25) is 0 Å². The highest BCUT2D eigenvalue weighted by molar-refractivity contribution is 4.90. The van der Waals surface area contributed by atoms with E-state index in [9.17, 15) is 4.39 Å². The van der Waals surface area contributed by atoms with Crippen LogP contribution in [0.15, 0.2) is 12.7 Å². The Hall–Kier alpha value is -0.370. The van der Waals surface area contributed by atoms with Gasteiger partial charge in [-0.15, -0.1) is 6.58 Å². The van der Waals surface area contributed by atoms with E-state index in [0.29, 0.717) is 0 Å². The Morgan fingerprint density at radius 1 is 1.78 bits per heavy atom. The van der Waals surface area contributed by atoms with Crippen LogP contribution in [-0.2, 0) is 0 Å². The molecule has 0 amide bonds. The molecule has 0 bridgehead atoms. The topological polar surface area (TPSA) is 20.2 Å². The molecule has 1 N–H and O–H groups in total. The third-order valence-corrected chi connectivity index (χ3v) is 1.36. The Kier molecular flexibility index (Phi) is 2.85. The molecule has 0 aliphatic rings. The van der Waals surface area contributed by atoms with Crippen LogP contribution in [0.5, 0.6) is 0 Å². The number of aliphatic hydroxyl groups is 1. The predicted octanol–water partition coefficient (Wildman–Crippen LogP) is 1.53. The summed E-state index contributed by atoms with van der Waals surface area (Å²) in [5, 5.41) is 8.61. The fraction of sp³-hybridized carbons (Fsp3) is 0.714. The molecule has 0 aromatic heterocycles. The number of hydrogen-bond donors (Lipinski definition) is 1. The van der Waals surface area contributed by atoms with Crippen molar-refractivity contribution in [2.75, 3.05) is 6.61 Å². The van der Waals surface area contributed by atoms with Gasteiger partial charge in [0.1, 0.15) is 6.17 Å². The van der Waals surface area contributed by atoms with Crippen molar-refractivity contribution in [2.45, 2.75) is 20.0 Å². The molecule has 0 aliphatic carbocycles. The lowest BCUT2D eigenvalue weighted by Gasteiger charge is -2.23. The summed E-state index contributed by atoms with van der Waals surface area (Å²) < 4.78 is 12.6. The molecule has 0 heterocycles. The molecule has 0 saturated carbocycles. The van der Waals surface area contributed by atoms with Crippen LogP contribution in [0.4, 0.5) is 4.39 Å². The molecule has 0 aliphatic heterocycles. The molecular weight excluding hydrogens is 119 g/mol. The van der Waals surface area contributed by atoms with Crippen LogP contribution in [0.25, 0.3) is 0 Å². The smallest absolute Gasteiger partial charge is 0.125 e. The summed E-state index contributed by atoms with van der Waals surface area (Å²) in [6, 6.07) is 0. The number of hydrogen-bond acceptors (Lipinski definition) is 1. The van der Waals surface area contributed by atoms with Gasteiger partial charge in [0, 0.05) is 5.41 Å². The Labute approximate surface area is 55.2 Å². The van der Waals surface area contributed by atoms with Gasteiger partial charge in [-0.2, -0.15) is 0 Å². The zero-order chi connectivity index (χ0) is 7.49. The lowest BCUT2D eigenvalue weighted by atomic mass is 9.89. The molecule has 0 rings (SSSR count). The molecule has 2 heteroatoms. The normalized spacial score (nSPS) is 15.1. The lowest BCUT2D eigenvalue weighted by molar-refractivity contribution is 0.0924. The Morgan fingerprint density at radius 2 is 2.22 bits per heavy atom. The maximum atomic E-state index is 12.6. The molecule has 1 nitrogen and oxygen atoms in total. The van der Waals surface area contributed by atoms with Gasteiger partial charge in [-0.3, -0.25) is 0 Å². The summed E-state index contributed by atoms with van der Waals surface area (Å²) in [6.45, 7) is 6.44. The van der Waals surface area contributed by atoms with Crippen molar-refractivity contribution in [3.8, 4) is 0 Å². The molecule has 0 radical (unpaired) electrons. The van der Waals surface area contributed by atoms with E-state index in [1.165, 1.54) is 6.08 Å². The SMILES string of the molecule is C=CC(F)C(C)(C)CO. The minimum absolute atomic E-state index is 0.153. The quantitative estimate of drug-likeness (QED) is 0.577. The number of aliphatic hydroxyl groups excluding tert-OH is 1. The summed E-state index contributed by atoms with van der Waals surface area (Å²) in [6.07, 6.45) is 0.0819. The first kappa shape index (κ1) is 8.63. The van der Waals surface area contributed by atoms with Gasteiger partial charge < -0.3 is 5.11 Å². The monoisotopic (exact) mass is 132 g/mol. The standard InChI is InChI=1S/C7H13FO/c1-4-6(8)7(2,3)5-9/h4,6,9H,1,5H2,2-3H3. The first-order valence-electron chi connectivity index (χ1n) is 2.92. The van der Waals surface area contributed by atoms with Crippen molar-refractivity contribution in [2.24, 2.45) is 5.41 Å². The van der Waals surface area contributed by atoms with Crippen LogP contribution >= 0.6 is 0 Å². The van der Waals surface area contributed by atoms with E-state index in [0.717, 1.165) is 0 Å². The van der Waals surface area contributed by atoms with Crippen molar-refractivity contribution >= 4 is 0 Å². The number of rotatable bonds is 3. The molecule has 1 unspecified atom stereocenters. The molecule has 9 heavy (non-hydrogen) atoms. The number of alkyl halides is 1. The maximum absolute atomic E-state index is 12.6. The van der Waals surface area contributed by atoms with Crippen molar-refractivity contribution < 1.29 is 9.50 Å². The van der Waals surface area contributed by atoms with Crippen LogP contribution in [0, 0.1) is 5.41 Å². The molecule has 1 atom stereocenters. The van der Waals surface area contributed by atoms with Crippen LogP contribution in [0.3, 0.4) is 0 Å². The van der Waals surface area contributed by atoms with Crippen LogP contribution in [-0.4, -0.2) is 17.9 Å². The van der Waals surface area contributed by atoms with Gasteiger partial charge in [0.25, 0.3) is 0 Å². The van der Waals surface area contributed by atoms with E-state index in [1.807, 2.05) is 0 Å². The van der Waals surface area contributed by atoms with E-state index < -0.39 is 11.6 Å². The van der Waals surface area contributed by atoms with E-state index in [-0.39, 0.29) is 6.61 Å². The van der Waals surface area contributed by atoms with Crippen molar-refractivity contribution in [1.82, 2.24) is 0 Å². The van der Waals surface area contributed by atoms with Gasteiger partial charge in [-0.05, 0) is 0 Å². The summed E-state index contributed by atoms with van der Waals surface area (Å²) in [5.41, 5.74) is -0.679. The zero-order valence-corrected chi connectivity index (χ0v) is 5.89. The van der Waals surface area contributed by atoms with Gasteiger partial charge in [-0.25, -0.2) is 4.39 Å². The highest BCUT2D eigenvalue weighted by Gasteiger charge is 2.25. The summed E-state index contributed by atoms with van der Waals surface area (Å²) in [4.78, 5) is 0. The van der Waals surface area contributed by atoms with E-state index in [2.05, 4.69) is 6.58 Å². The molecule has 0 fully saturated rings. The van der Waals surface area contributed by atoms with Gasteiger partial charge in [0.15, 0.2) is 0 Å². The Balaban J connectivity index is 3.95. The fourth-order valence-corrected chi connectivity index (χ4v) is 0.406. The molecule has 0 spiro atoms. The predicted molar refractivity (Wildman–Crippen MR) is 36.0 cm³/mol.